The molecule has 1 N–H and O–H groups in total. The minimum atomic E-state index is -0.426. The van der Waals surface area contributed by atoms with Crippen molar-refractivity contribution in [3.05, 3.63) is 80.2 Å². The van der Waals surface area contributed by atoms with Crippen molar-refractivity contribution < 1.29 is 4.79 Å². The van der Waals surface area contributed by atoms with Crippen LogP contribution in [0, 0.1) is 6.92 Å². The first-order valence-corrected chi connectivity index (χ1v) is 8.26. The van der Waals surface area contributed by atoms with Gasteiger partial charge in [-0.15, -0.1) is 0 Å². The standard InChI is InChI=1S/C18H15Cl2N3O2/c1-11-16(21-17(24)12-8-9-14(19)15(20)10-12)18(25)23(22(11)2)13-6-4-3-5-7-13/h3-10H,1-2H3,(H,21,24). The van der Waals surface area contributed by atoms with E-state index in [1.54, 1.807) is 30.8 Å². The van der Waals surface area contributed by atoms with E-state index in [0.717, 1.165) is 0 Å². The second-order valence-electron chi connectivity index (χ2n) is 5.52. The third-order valence-corrected chi connectivity index (χ3v) is 4.71. The molecule has 2 aromatic carbocycles. The lowest BCUT2D eigenvalue weighted by molar-refractivity contribution is 0.102. The molecule has 7 heteroatoms. The molecule has 3 rings (SSSR count). The Labute approximate surface area is 154 Å². The summed E-state index contributed by atoms with van der Waals surface area (Å²) in [6.45, 7) is 1.77. The van der Waals surface area contributed by atoms with Gasteiger partial charge in [-0.1, -0.05) is 41.4 Å². The number of aromatic nitrogens is 2. The van der Waals surface area contributed by atoms with Crippen molar-refractivity contribution in [3.8, 4) is 5.69 Å². The van der Waals surface area contributed by atoms with E-state index in [1.165, 1.54) is 10.7 Å². The SMILES string of the molecule is Cc1c(NC(=O)c2ccc(Cl)c(Cl)c2)c(=O)n(-c2ccccc2)n1C. The fraction of sp³-hybridized carbons (Fsp3) is 0.111. The van der Waals surface area contributed by atoms with Crippen LogP contribution in [0.5, 0.6) is 0 Å². The number of nitrogens with one attached hydrogen (secondary N) is 1. The summed E-state index contributed by atoms with van der Waals surface area (Å²) in [7, 11) is 1.76. The molecule has 25 heavy (non-hydrogen) atoms. The maximum absolute atomic E-state index is 12.8. The molecule has 5 nitrogen and oxygen atoms in total. The van der Waals surface area contributed by atoms with Gasteiger partial charge in [-0.2, -0.15) is 0 Å². The van der Waals surface area contributed by atoms with Gasteiger partial charge in [-0.05, 0) is 37.3 Å². The van der Waals surface area contributed by atoms with Gasteiger partial charge < -0.3 is 5.32 Å². The van der Waals surface area contributed by atoms with Gasteiger partial charge in [0.2, 0.25) is 0 Å². The number of rotatable bonds is 3. The predicted octanol–water partition coefficient (Wildman–Crippen LogP) is 4.04. The van der Waals surface area contributed by atoms with Gasteiger partial charge in [-0.25, -0.2) is 4.68 Å². The number of carbonyl (C=O) groups excluding carboxylic acids is 1. The Morgan fingerprint density at radius 3 is 2.36 bits per heavy atom. The molecule has 0 aliphatic carbocycles. The van der Waals surface area contributed by atoms with Crippen molar-refractivity contribution in [2.75, 3.05) is 5.32 Å². The smallest absolute Gasteiger partial charge is 0.295 e. The number of hydrogen-bond acceptors (Lipinski definition) is 2. The van der Waals surface area contributed by atoms with Crippen molar-refractivity contribution >= 4 is 34.8 Å². The summed E-state index contributed by atoms with van der Waals surface area (Å²) >= 11 is 11.8. The van der Waals surface area contributed by atoms with Gasteiger partial charge in [-0.3, -0.25) is 14.3 Å². The molecule has 0 radical (unpaired) electrons. The molecule has 0 aliphatic heterocycles. The minimum absolute atomic E-state index is 0.224. The number of anilines is 1. The zero-order valence-electron chi connectivity index (χ0n) is 13.6. The highest BCUT2D eigenvalue weighted by molar-refractivity contribution is 6.42. The molecule has 0 unspecified atom stereocenters. The molecule has 0 bridgehead atoms. The monoisotopic (exact) mass is 375 g/mol. The van der Waals surface area contributed by atoms with Crippen LogP contribution in [0.15, 0.2) is 53.3 Å². The third-order valence-electron chi connectivity index (χ3n) is 3.97. The van der Waals surface area contributed by atoms with Gasteiger partial charge in [0.25, 0.3) is 11.5 Å². The molecule has 0 saturated carbocycles. The zero-order valence-corrected chi connectivity index (χ0v) is 15.1. The van der Waals surface area contributed by atoms with E-state index in [4.69, 9.17) is 23.2 Å². The summed E-state index contributed by atoms with van der Waals surface area (Å²) in [6.07, 6.45) is 0. The van der Waals surface area contributed by atoms with Crippen molar-refractivity contribution in [2.24, 2.45) is 7.05 Å². The Balaban J connectivity index is 2.00. The maximum atomic E-state index is 12.8. The van der Waals surface area contributed by atoms with Gasteiger partial charge in [0.15, 0.2) is 0 Å². The normalized spacial score (nSPS) is 10.7. The summed E-state index contributed by atoms with van der Waals surface area (Å²) in [5, 5.41) is 3.32. The van der Waals surface area contributed by atoms with Crippen LogP contribution < -0.4 is 10.9 Å². The topological polar surface area (TPSA) is 56.0 Å². The maximum Gasteiger partial charge on any atom is 0.295 e. The molecule has 1 amide bonds. The van der Waals surface area contributed by atoms with Crippen molar-refractivity contribution in [1.29, 1.82) is 0 Å². The van der Waals surface area contributed by atoms with Gasteiger partial charge in [0.1, 0.15) is 5.69 Å². The number of nitrogens with zero attached hydrogens (tertiary/aromatic N) is 2. The first kappa shape index (κ1) is 17.3. The largest absolute Gasteiger partial charge is 0.316 e. The summed E-state index contributed by atoms with van der Waals surface area (Å²) < 4.78 is 3.20. The van der Waals surface area contributed by atoms with Gasteiger partial charge >= 0.3 is 0 Å². The van der Waals surface area contributed by atoms with E-state index < -0.39 is 5.91 Å². The van der Waals surface area contributed by atoms with Crippen molar-refractivity contribution in [3.63, 3.8) is 0 Å². The van der Waals surface area contributed by atoms with Crippen LogP contribution in [0.4, 0.5) is 5.69 Å². The molecular weight excluding hydrogens is 361 g/mol. The van der Waals surface area contributed by atoms with Crippen LogP contribution in [-0.2, 0) is 7.05 Å². The Hall–Kier alpha value is -2.50. The van der Waals surface area contributed by atoms with Gasteiger partial charge in [0, 0.05) is 12.6 Å². The fourth-order valence-corrected chi connectivity index (χ4v) is 2.83. The molecule has 0 fully saturated rings. The lowest BCUT2D eigenvalue weighted by Crippen LogP contribution is -2.22. The predicted molar refractivity (Wildman–Crippen MR) is 100 cm³/mol. The van der Waals surface area contributed by atoms with Gasteiger partial charge in [0.05, 0.1) is 21.4 Å². The lowest BCUT2D eigenvalue weighted by Gasteiger charge is -2.07. The second-order valence-corrected chi connectivity index (χ2v) is 6.33. The van der Waals surface area contributed by atoms with E-state index in [0.29, 0.717) is 22.0 Å². The van der Waals surface area contributed by atoms with Crippen LogP contribution in [0.2, 0.25) is 10.0 Å². The number of halogens is 2. The highest BCUT2D eigenvalue weighted by Gasteiger charge is 2.19. The fourth-order valence-electron chi connectivity index (χ4n) is 2.54. The number of benzene rings is 2. The first-order chi connectivity index (χ1) is 11.9. The van der Waals surface area contributed by atoms with E-state index in [9.17, 15) is 9.59 Å². The molecule has 0 spiro atoms. The zero-order chi connectivity index (χ0) is 18.1. The number of amides is 1. The molecule has 1 aromatic heterocycles. The first-order valence-electron chi connectivity index (χ1n) is 7.50. The summed E-state index contributed by atoms with van der Waals surface area (Å²) in [6, 6.07) is 13.8. The molecular formula is C18H15Cl2N3O2. The van der Waals surface area contributed by atoms with Crippen LogP contribution in [0.3, 0.4) is 0 Å². The lowest BCUT2D eigenvalue weighted by atomic mass is 10.2. The molecule has 0 atom stereocenters. The van der Waals surface area contributed by atoms with E-state index in [1.807, 2.05) is 30.3 Å². The summed E-state index contributed by atoms with van der Waals surface area (Å²) in [5.41, 5.74) is 1.60. The Morgan fingerprint density at radius 2 is 1.72 bits per heavy atom. The minimum Gasteiger partial charge on any atom is -0.316 e. The van der Waals surface area contributed by atoms with Crippen molar-refractivity contribution in [2.45, 2.75) is 6.92 Å². The van der Waals surface area contributed by atoms with Crippen molar-refractivity contribution in [1.82, 2.24) is 9.36 Å². The van der Waals surface area contributed by atoms with Crippen LogP contribution in [0.1, 0.15) is 16.1 Å². The second kappa shape index (κ2) is 6.78. The quantitative estimate of drug-likeness (QED) is 0.750. The van der Waals surface area contributed by atoms with E-state index >= 15 is 0 Å². The number of carbonyl (C=O) groups is 1. The Morgan fingerprint density at radius 1 is 1.04 bits per heavy atom. The Bertz CT molecular complexity index is 1010. The van der Waals surface area contributed by atoms with E-state index in [-0.39, 0.29) is 16.3 Å². The average molecular weight is 376 g/mol. The molecule has 0 saturated heterocycles. The van der Waals surface area contributed by atoms with Crippen LogP contribution in [0.25, 0.3) is 5.69 Å². The summed E-state index contributed by atoms with van der Waals surface area (Å²) in [5.74, 6) is -0.426. The van der Waals surface area contributed by atoms with E-state index in [2.05, 4.69) is 5.32 Å². The number of hydrogen-bond donors (Lipinski definition) is 1. The average Bonchev–Trinajstić information content (AvgIpc) is 2.81. The molecule has 128 valence electrons. The third kappa shape index (κ3) is 3.21. The highest BCUT2D eigenvalue weighted by atomic mass is 35.5. The van der Waals surface area contributed by atoms with Crippen LogP contribution in [-0.4, -0.2) is 15.3 Å². The summed E-state index contributed by atoms with van der Waals surface area (Å²) in [4.78, 5) is 25.2. The molecule has 1 heterocycles. The molecule has 0 aliphatic rings. The number of para-hydroxylation sites is 1. The Kier molecular flexibility index (Phi) is 4.70. The van der Waals surface area contributed by atoms with Crippen LogP contribution >= 0.6 is 23.2 Å². The highest BCUT2D eigenvalue weighted by Crippen LogP contribution is 2.23. The molecule has 3 aromatic rings.